The minimum atomic E-state index is -0.691. The Morgan fingerprint density at radius 1 is 0.889 bits per heavy atom. The molecule has 0 radical (unpaired) electrons. The molecular formula is C21H15F2N3O. The zero-order valence-corrected chi connectivity index (χ0v) is 14.4. The van der Waals surface area contributed by atoms with Crippen molar-refractivity contribution in [2.75, 3.05) is 12.4 Å². The van der Waals surface area contributed by atoms with Crippen molar-refractivity contribution in [1.82, 2.24) is 9.97 Å². The third-order valence-electron chi connectivity index (χ3n) is 4.14. The minimum absolute atomic E-state index is 0.140. The summed E-state index contributed by atoms with van der Waals surface area (Å²) in [4.78, 5) is 9.16. The van der Waals surface area contributed by atoms with Crippen LogP contribution in [0.1, 0.15) is 0 Å². The second kappa shape index (κ2) is 6.99. The van der Waals surface area contributed by atoms with Crippen molar-refractivity contribution in [2.24, 2.45) is 0 Å². The summed E-state index contributed by atoms with van der Waals surface area (Å²) in [5.74, 6) is 0.331. The standard InChI is InChI=1S/C21H15F2N3O/c1-27-15-9-6-13(7-10-15)20-24-18-5-3-2-4-16(18)21(26-20)25-19-11-8-14(22)12-17(19)23/h2-12H,1H3,(H,24,25,26). The largest absolute Gasteiger partial charge is 0.497 e. The van der Waals surface area contributed by atoms with E-state index in [-0.39, 0.29) is 5.69 Å². The van der Waals surface area contributed by atoms with Crippen molar-refractivity contribution in [3.63, 3.8) is 0 Å². The molecule has 4 nitrogen and oxygen atoms in total. The second-order valence-electron chi connectivity index (χ2n) is 5.89. The van der Waals surface area contributed by atoms with E-state index in [9.17, 15) is 8.78 Å². The van der Waals surface area contributed by atoms with E-state index in [1.54, 1.807) is 7.11 Å². The summed E-state index contributed by atoms with van der Waals surface area (Å²) in [5.41, 5.74) is 1.65. The number of aromatic nitrogens is 2. The second-order valence-corrected chi connectivity index (χ2v) is 5.89. The lowest BCUT2D eigenvalue weighted by molar-refractivity contribution is 0.415. The first-order valence-electron chi connectivity index (χ1n) is 8.27. The molecule has 0 bridgehead atoms. The Bertz CT molecular complexity index is 1110. The highest BCUT2D eigenvalue weighted by atomic mass is 19.1. The molecule has 3 aromatic carbocycles. The van der Waals surface area contributed by atoms with E-state index in [1.165, 1.54) is 12.1 Å². The zero-order chi connectivity index (χ0) is 18.8. The fourth-order valence-corrected chi connectivity index (χ4v) is 2.76. The SMILES string of the molecule is COc1ccc(-c2nc(Nc3ccc(F)cc3F)c3ccccc3n2)cc1. The summed E-state index contributed by atoms with van der Waals surface area (Å²) in [5, 5.41) is 3.69. The van der Waals surface area contributed by atoms with Crippen LogP contribution in [0.15, 0.2) is 66.7 Å². The molecule has 6 heteroatoms. The van der Waals surface area contributed by atoms with Crippen molar-refractivity contribution in [2.45, 2.75) is 0 Å². The maximum Gasteiger partial charge on any atom is 0.162 e. The van der Waals surface area contributed by atoms with E-state index >= 15 is 0 Å². The Morgan fingerprint density at radius 2 is 1.67 bits per heavy atom. The number of anilines is 2. The number of hydrogen-bond acceptors (Lipinski definition) is 4. The lowest BCUT2D eigenvalue weighted by Gasteiger charge is -2.12. The van der Waals surface area contributed by atoms with Crippen LogP contribution in [-0.2, 0) is 0 Å². The van der Waals surface area contributed by atoms with E-state index in [1.807, 2.05) is 48.5 Å². The fourth-order valence-electron chi connectivity index (χ4n) is 2.76. The molecule has 0 unspecified atom stereocenters. The third-order valence-corrected chi connectivity index (χ3v) is 4.14. The van der Waals surface area contributed by atoms with Gasteiger partial charge < -0.3 is 10.1 Å². The smallest absolute Gasteiger partial charge is 0.162 e. The number of hydrogen-bond donors (Lipinski definition) is 1. The highest BCUT2D eigenvalue weighted by Gasteiger charge is 2.12. The van der Waals surface area contributed by atoms with E-state index in [0.717, 1.165) is 22.8 Å². The van der Waals surface area contributed by atoms with Gasteiger partial charge in [-0.05, 0) is 48.5 Å². The maximum atomic E-state index is 14.1. The van der Waals surface area contributed by atoms with Gasteiger partial charge in [0.15, 0.2) is 5.82 Å². The normalized spacial score (nSPS) is 10.8. The lowest BCUT2D eigenvalue weighted by atomic mass is 10.1. The Kier molecular flexibility index (Phi) is 4.38. The van der Waals surface area contributed by atoms with Crippen molar-refractivity contribution in [3.8, 4) is 17.1 Å². The first-order chi connectivity index (χ1) is 13.1. The van der Waals surface area contributed by atoms with Gasteiger partial charge in [0, 0.05) is 17.0 Å². The number of nitrogens with zero attached hydrogens (tertiary/aromatic N) is 2. The van der Waals surface area contributed by atoms with Crippen molar-refractivity contribution < 1.29 is 13.5 Å². The van der Waals surface area contributed by atoms with Gasteiger partial charge in [0.2, 0.25) is 0 Å². The van der Waals surface area contributed by atoms with Gasteiger partial charge in [-0.2, -0.15) is 0 Å². The van der Waals surface area contributed by atoms with Crippen LogP contribution in [0.5, 0.6) is 5.75 Å². The number of fused-ring (bicyclic) bond motifs is 1. The molecule has 0 aliphatic rings. The summed E-state index contributed by atoms with van der Waals surface area (Å²) >= 11 is 0. The molecule has 0 aliphatic heterocycles. The van der Waals surface area contributed by atoms with E-state index < -0.39 is 11.6 Å². The fraction of sp³-hybridized carbons (Fsp3) is 0.0476. The van der Waals surface area contributed by atoms with Crippen LogP contribution in [0.2, 0.25) is 0 Å². The van der Waals surface area contributed by atoms with Crippen LogP contribution >= 0.6 is 0 Å². The highest BCUT2D eigenvalue weighted by molar-refractivity contribution is 5.92. The molecule has 0 fully saturated rings. The molecule has 0 saturated heterocycles. The van der Waals surface area contributed by atoms with Crippen LogP contribution in [0.4, 0.5) is 20.3 Å². The number of methoxy groups -OCH3 is 1. The van der Waals surface area contributed by atoms with Gasteiger partial charge in [0.1, 0.15) is 23.2 Å². The molecule has 0 amide bonds. The quantitative estimate of drug-likeness (QED) is 0.533. The summed E-state index contributed by atoms with van der Waals surface area (Å²) in [7, 11) is 1.60. The lowest BCUT2D eigenvalue weighted by Crippen LogP contribution is -2.01. The highest BCUT2D eigenvalue weighted by Crippen LogP contribution is 2.29. The van der Waals surface area contributed by atoms with E-state index in [2.05, 4.69) is 15.3 Å². The van der Waals surface area contributed by atoms with Gasteiger partial charge in [0.25, 0.3) is 0 Å². The first-order valence-corrected chi connectivity index (χ1v) is 8.27. The number of para-hydroxylation sites is 1. The molecule has 0 saturated carbocycles. The van der Waals surface area contributed by atoms with Gasteiger partial charge in [-0.1, -0.05) is 12.1 Å². The van der Waals surface area contributed by atoms with Crippen LogP contribution in [0.25, 0.3) is 22.3 Å². The van der Waals surface area contributed by atoms with Crippen molar-refractivity contribution >= 4 is 22.4 Å². The average Bonchev–Trinajstić information content (AvgIpc) is 2.70. The molecule has 4 rings (SSSR count). The minimum Gasteiger partial charge on any atom is -0.497 e. The molecule has 0 aliphatic carbocycles. The monoisotopic (exact) mass is 363 g/mol. The molecule has 1 aromatic heterocycles. The predicted molar refractivity (Wildman–Crippen MR) is 101 cm³/mol. The van der Waals surface area contributed by atoms with Gasteiger partial charge in [-0.3, -0.25) is 0 Å². The number of nitrogens with one attached hydrogen (secondary N) is 1. The molecule has 4 aromatic rings. The van der Waals surface area contributed by atoms with Gasteiger partial charge in [-0.15, -0.1) is 0 Å². The molecule has 1 heterocycles. The average molecular weight is 363 g/mol. The Hall–Kier alpha value is -3.54. The zero-order valence-electron chi connectivity index (χ0n) is 14.4. The summed E-state index contributed by atoms with van der Waals surface area (Å²) in [6.07, 6.45) is 0. The van der Waals surface area contributed by atoms with Crippen molar-refractivity contribution in [3.05, 3.63) is 78.4 Å². The summed E-state index contributed by atoms with van der Waals surface area (Å²) in [6, 6.07) is 18.1. The predicted octanol–water partition coefficient (Wildman–Crippen LogP) is 5.33. The van der Waals surface area contributed by atoms with E-state index in [0.29, 0.717) is 17.2 Å². The van der Waals surface area contributed by atoms with Gasteiger partial charge in [0.05, 0.1) is 18.3 Å². The van der Waals surface area contributed by atoms with Crippen LogP contribution in [0.3, 0.4) is 0 Å². The Labute approximate surface area is 154 Å². The molecule has 0 atom stereocenters. The molecular weight excluding hydrogens is 348 g/mol. The Morgan fingerprint density at radius 3 is 2.41 bits per heavy atom. The number of halogens is 2. The summed E-state index contributed by atoms with van der Waals surface area (Å²) < 4.78 is 32.4. The van der Waals surface area contributed by atoms with Crippen LogP contribution in [0, 0.1) is 11.6 Å². The molecule has 27 heavy (non-hydrogen) atoms. The van der Waals surface area contributed by atoms with Crippen molar-refractivity contribution in [1.29, 1.82) is 0 Å². The van der Waals surface area contributed by atoms with Crippen LogP contribution in [-0.4, -0.2) is 17.1 Å². The first kappa shape index (κ1) is 16.9. The summed E-state index contributed by atoms with van der Waals surface area (Å²) in [6.45, 7) is 0. The van der Waals surface area contributed by atoms with Gasteiger partial charge in [-0.25, -0.2) is 18.7 Å². The van der Waals surface area contributed by atoms with Crippen LogP contribution < -0.4 is 10.1 Å². The maximum absolute atomic E-state index is 14.1. The number of rotatable bonds is 4. The van der Waals surface area contributed by atoms with Gasteiger partial charge >= 0.3 is 0 Å². The molecule has 134 valence electrons. The molecule has 0 spiro atoms. The van der Waals surface area contributed by atoms with E-state index in [4.69, 9.17) is 4.74 Å². The number of benzene rings is 3. The Balaban J connectivity index is 1.82. The topological polar surface area (TPSA) is 47.0 Å². The molecule has 1 N–H and O–H groups in total. The number of ether oxygens (including phenoxy) is 1. The third kappa shape index (κ3) is 3.42.